The molecule has 114 valence electrons. The predicted molar refractivity (Wildman–Crippen MR) is 76.6 cm³/mol. The fraction of sp³-hybridized carbons (Fsp3) is 0.533. The van der Waals surface area contributed by atoms with Crippen molar-refractivity contribution in [3.63, 3.8) is 0 Å². The third kappa shape index (κ3) is 2.84. The first kappa shape index (κ1) is 15.3. The van der Waals surface area contributed by atoms with E-state index < -0.39 is 5.97 Å². The van der Waals surface area contributed by atoms with Crippen LogP contribution >= 0.6 is 0 Å². The van der Waals surface area contributed by atoms with Gasteiger partial charge in [0.25, 0.3) is 0 Å². The molecule has 0 aromatic rings. The lowest BCUT2D eigenvalue weighted by atomic mass is 9.91. The molecule has 2 amide bonds. The van der Waals surface area contributed by atoms with Crippen molar-refractivity contribution in [1.29, 1.82) is 0 Å². The average Bonchev–Trinajstić information content (AvgIpc) is 2.65. The number of carbonyl (C=O) groups is 3. The highest BCUT2D eigenvalue weighted by atomic mass is 16.5. The van der Waals surface area contributed by atoms with Gasteiger partial charge >= 0.3 is 12.0 Å². The van der Waals surface area contributed by atoms with Gasteiger partial charge in [-0.2, -0.15) is 0 Å². The van der Waals surface area contributed by atoms with Crippen LogP contribution in [0.4, 0.5) is 4.79 Å². The molecular formula is C15H20N2O4. The van der Waals surface area contributed by atoms with Gasteiger partial charge in [-0.15, -0.1) is 0 Å². The lowest BCUT2D eigenvalue weighted by Gasteiger charge is -2.29. The number of amides is 2. The fourth-order valence-electron chi connectivity index (χ4n) is 3.02. The van der Waals surface area contributed by atoms with Gasteiger partial charge in [-0.05, 0) is 26.3 Å². The minimum Gasteiger partial charge on any atom is -0.465 e. The second-order valence-corrected chi connectivity index (χ2v) is 5.27. The zero-order valence-electron chi connectivity index (χ0n) is 12.5. The molecule has 6 heteroatoms. The number of fused-ring (bicyclic) bond motifs is 1. The molecule has 2 atom stereocenters. The molecule has 1 saturated heterocycles. The van der Waals surface area contributed by atoms with Gasteiger partial charge in [0.2, 0.25) is 0 Å². The maximum absolute atomic E-state index is 12.5. The van der Waals surface area contributed by atoms with E-state index in [1.165, 1.54) is 9.80 Å². The van der Waals surface area contributed by atoms with Crippen LogP contribution in [0.5, 0.6) is 0 Å². The van der Waals surface area contributed by atoms with Crippen molar-refractivity contribution in [3.05, 3.63) is 23.3 Å². The second kappa shape index (κ2) is 6.11. The summed E-state index contributed by atoms with van der Waals surface area (Å²) in [6, 6.07) is -0.725. The predicted octanol–water partition coefficient (Wildman–Crippen LogP) is 1.13. The number of nitrogens with zero attached hydrogens (tertiary/aromatic N) is 2. The molecule has 0 saturated carbocycles. The Kier molecular flexibility index (Phi) is 4.45. The number of hydrogen-bond donors (Lipinski definition) is 0. The van der Waals surface area contributed by atoms with Crippen LogP contribution in [-0.2, 0) is 14.3 Å². The summed E-state index contributed by atoms with van der Waals surface area (Å²) in [6.45, 7) is 5.82. The van der Waals surface area contributed by atoms with Crippen LogP contribution in [0.3, 0.4) is 0 Å². The molecule has 0 N–H and O–H groups in total. The first-order valence-corrected chi connectivity index (χ1v) is 7.02. The normalized spacial score (nSPS) is 24.4. The summed E-state index contributed by atoms with van der Waals surface area (Å²) in [6.07, 6.45) is 4.67. The van der Waals surface area contributed by atoms with Crippen LogP contribution in [0.25, 0.3) is 0 Å². The van der Waals surface area contributed by atoms with Crippen LogP contribution in [0.2, 0.25) is 0 Å². The van der Waals surface area contributed by atoms with Crippen molar-refractivity contribution in [2.75, 3.05) is 19.7 Å². The van der Waals surface area contributed by atoms with Gasteiger partial charge in [-0.25, -0.2) is 4.79 Å². The zero-order valence-corrected chi connectivity index (χ0v) is 12.5. The highest BCUT2D eigenvalue weighted by Crippen LogP contribution is 2.32. The lowest BCUT2D eigenvalue weighted by Crippen LogP contribution is -2.41. The number of urea groups is 1. The van der Waals surface area contributed by atoms with E-state index in [0.717, 1.165) is 11.1 Å². The summed E-state index contributed by atoms with van der Waals surface area (Å²) < 4.78 is 4.93. The third-order valence-electron chi connectivity index (χ3n) is 3.74. The maximum atomic E-state index is 12.5. The molecule has 1 aliphatic carbocycles. The molecule has 6 nitrogen and oxygen atoms in total. The molecule has 2 aliphatic rings. The van der Waals surface area contributed by atoms with Crippen molar-refractivity contribution in [1.82, 2.24) is 9.80 Å². The Hall–Kier alpha value is -2.11. The van der Waals surface area contributed by atoms with Gasteiger partial charge in [-0.3, -0.25) is 4.79 Å². The van der Waals surface area contributed by atoms with Crippen molar-refractivity contribution < 1.29 is 19.1 Å². The Balaban J connectivity index is 2.29. The van der Waals surface area contributed by atoms with Crippen LogP contribution in [0.1, 0.15) is 20.8 Å². The topological polar surface area (TPSA) is 66.9 Å². The zero-order chi connectivity index (χ0) is 15.6. The fourth-order valence-corrected chi connectivity index (χ4v) is 3.02. The average molecular weight is 292 g/mol. The van der Waals surface area contributed by atoms with E-state index in [1.807, 2.05) is 26.0 Å². The van der Waals surface area contributed by atoms with E-state index in [9.17, 15) is 14.4 Å². The summed E-state index contributed by atoms with van der Waals surface area (Å²) in [5.74, 6) is -0.434. The summed E-state index contributed by atoms with van der Waals surface area (Å²) in [4.78, 5) is 38.0. The van der Waals surface area contributed by atoms with Gasteiger partial charge in [0, 0.05) is 0 Å². The van der Waals surface area contributed by atoms with Crippen molar-refractivity contribution in [2.24, 2.45) is 0 Å². The standard InChI is InChI=1S/C15H20N2O4/c1-4-21-13(19)9-17-14-11(3)7-10(2)8-12(14)16(5-6-18)15(17)20/h6-8,12,14H,4-5,9H2,1-3H3. The molecule has 0 radical (unpaired) electrons. The monoisotopic (exact) mass is 292 g/mol. The summed E-state index contributed by atoms with van der Waals surface area (Å²) in [7, 11) is 0. The van der Waals surface area contributed by atoms with Crippen molar-refractivity contribution in [2.45, 2.75) is 32.9 Å². The molecule has 21 heavy (non-hydrogen) atoms. The molecule has 1 aliphatic heterocycles. The molecule has 2 rings (SSSR count). The molecule has 1 heterocycles. The van der Waals surface area contributed by atoms with E-state index in [0.29, 0.717) is 6.29 Å². The van der Waals surface area contributed by atoms with Crippen molar-refractivity contribution >= 4 is 18.3 Å². The Morgan fingerprint density at radius 3 is 2.71 bits per heavy atom. The van der Waals surface area contributed by atoms with Crippen molar-refractivity contribution in [3.8, 4) is 0 Å². The number of rotatable bonds is 5. The highest BCUT2D eigenvalue weighted by molar-refractivity contribution is 5.86. The summed E-state index contributed by atoms with van der Waals surface area (Å²) in [5.41, 5.74) is 2.06. The summed E-state index contributed by atoms with van der Waals surface area (Å²) in [5, 5.41) is 0. The van der Waals surface area contributed by atoms with Crippen LogP contribution in [0.15, 0.2) is 23.3 Å². The number of aldehydes is 1. The Morgan fingerprint density at radius 2 is 2.10 bits per heavy atom. The van der Waals surface area contributed by atoms with E-state index >= 15 is 0 Å². The molecule has 2 unspecified atom stereocenters. The van der Waals surface area contributed by atoms with Gasteiger partial charge < -0.3 is 19.3 Å². The highest BCUT2D eigenvalue weighted by Gasteiger charge is 2.46. The van der Waals surface area contributed by atoms with E-state index in [2.05, 4.69) is 0 Å². The quantitative estimate of drug-likeness (QED) is 0.563. The smallest absolute Gasteiger partial charge is 0.325 e. The Bertz CT molecular complexity index is 524. The van der Waals surface area contributed by atoms with Gasteiger partial charge in [0.15, 0.2) is 0 Å². The first-order valence-electron chi connectivity index (χ1n) is 7.02. The van der Waals surface area contributed by atoms with Crippen LogP contribution in [-0.4, -0.2) is 59.9 Å². The summed E-state index contributed by atoms with van der Waals surface area (Å²) >= 11 is 0. The SMILES string of the molecule is CCOC(=O)CN1C(=O)N(CC=O)C2C=C(C)C=C(C)C21. The number of esters is 1. The number of ether oxygens (including phenoxy) is 1. The molecule has 1 fully saturated rings. The molecular weight excluding hydrogens is 272 g/mol. The second-order valence-electron chi connectivity index (χ2n) is 5.27. The van der Waals surface area contributed by atoms with Crippen LogP contribution in [0, 0.1) is 0 Å². The molecule has 0 bridgehead atoms. The molecule has 0 aromatic heterocycles. The number of hydrogen-bond acceptors (Lipinski definition) is 4. The minimum absolute atomic E-state index is 0.0242. The van der Waals surface area contributed by atoms with Gasteiger partial charge in [-0.1, -0.05) is 17.7 Å². The van der Waals surface area contributed by atoms with E-state index in [-0.39, 0.29) is 37.8 Å². The van der Waals surface area contributed by atoms with Gasteiger partial charge in [0.05, 0.1) is 25.2 Å². The number of allylic oxidation sites excluding steroid dienone is 2. The molecule has 0 spiro atoms. The first-order chi connectivity index (χ1) is 9.99. The Labute approximate surface area is 124 Å². The Morgan fingerprint density at radius 1 is 1.38 bits per heavy atom. The maximum Gasteiger partial charge on any atom is 0.325 e. The van der Waals surface area contributed by atoms with E-state index in [4.69, 9.17) is 4.74 Å². The van der Waals surface area contributed by atoms with Crippen LogP contribution < -0.4 is 0 Å². The van der Waals surface area contributed by atoms with E-state index in [1.54, 1.807) is 6.92 Å². The lowest BCUT2D eigenvalue weighted by molar-refractivity contribution is -0.143. The largest absolute Gasteiger partial charge is 0.465 e. The minimum atomic E-state index is -0.434. The molecule has 0 aromatic carbocycles. The van der Waals surface area contributed by atoms with Gasteiger partial charge in [0.1, 0.15) is 12.8 Å². The number of carbonyl (C=O) groups excluding carboxylic acids is 3. The third-order valence-corrected chi connectivity index (χ3v) is 3.74.